The minimum atomic E-state index is -0.552. The van der Waals surface area contributed by atoms with E-state index in [4.69, 9.17) is 6.42 Å². The van der Waals surface area contributed by atoms with E-state index in [-0.39, 0.29) is 5.91 Å². The monoisotopic (exact) mass is 225 g/mol. The van der Waals surface area contributed by atoms with Crippen molar-refractivity contribution in [1.29, 1.82) is 0 Å². The van der Waals surface area contributed by atoms with Gasteiger partial charge in [-0.2, -0.15) is 0 Å². The molecule has 0 aromatic rings. The quantitative estimate of drug-likeness (QED) is 0.332. The van der Waals surface area contributed by atoms with Crippen LogP contribution in [0.4, 0.5) is 0 Å². The largest absolute Gasteiger partial charge is 0.466 e. The Balaban J connectivity index is 0. The molecule has 4 nitrogen and oxygen atoms in total. The van der Waals surface area contributed by atoms with Gasteiger partial charge in [0.15, 0.2) is 0 Å². The van der Waals surface area contributed by atoms with E-state index in [1.54, 1.807) is 0 Å². The average Bonchev–Trinajstić information content (AvgIpc) is 2.34. The first-order valence-corrected chi connectivity index (χ1v) is 5.18. The van der Waals surface area contributed by atoms with Gasteiger partial charge in [-0.25, -0.2) is 4.79 Å². The lowest BCUT2D eigenvalue weighted by Crippen LogP contribution is -2.22. The van der Waals surface area contributed by atoms with Gasteiger partial charge in [-0.05, 0) is 6.42 Å². The molecule has 0 aliphatic rings. The van der Waals surface area contributed by atoms with E-state index in [0.717, 1.165) is 18.6 Å². The van der Waals surface area contributed by atoms with E-state index in [9.17, 15) is 9.59 Å². The molecule has 1 N–H and O–H groups in total. The third kappa shape index (κ3) is 12.2. The first kappa shape index (κ1) is 16.7. The summed E-state index contributed by atoms with van der Waals surface area (Å²) < 4.78 is 4.31. The van der Waals surface area contributed by atoms with Gasteiger partial charge in [-0.1, -0.05) is 13.8 Å². The van der Waals surface area contributed by atoms with Crippen LogP contribution in [0.3, 0.4) is 0 Å². The Morgan fingerprint density at radius 3 is 2.50 bits per heavy atom. The maximum atomic E-state index is 11.0. The number of esters is 1. The van der Waals surface area contributed by atoms with Crippen LogP contribution in [0.15, 0.2) is 12.2 Å². The molecule has 16 heavy (non-hydrogen) atoms. The van der Waals surface area contributed by atoms with Crippen molar-refractivity contribution < 1.29 is 14.3 Å². The summed E-state index contributed by atoms with van der Waals surface area (Å²) in [6, 6.07) is 0. The smallest absolute Gasteiger partial charge is 0.330 e. The van der Waals surface area contributed by atoms with Gasteiger partial charge >= 0.3 is 5.97 Å². The first-order chi connectivity index (χ1) is 7.70. The summed E-state index contributed by atoms with van der Waals surface area (Å²) in [5.74, 6) is 1.58. The summed E-state index contributed by atoms with van der Waals surface area (Å²) in [5.41, 5.74) is 0. The Labute approximate surface area is 97.1 Å². The van der Waals surface area contributed by atoms with Gasteiger partial charge in [-0.15, -0.1) is 12.3 Å². The maximum absolute atomic E-state index is 11.0. The van der Waals surface area contributed by atoms with Crippen molar-refractivity contribution in [3.63, 3.8) is 0 Å². The molecule has 90 valence electrons. The number of carbonyl (C=O) groups is 2. The van der Waals surface area contributed by atoms with Gasteiger partial charge in [0.2, 0.25) is 5.91 Å². The molecular weight excluding hydrogens is 206 g/mol. The van der Waals surface area contributed by atoms with E-state index < -0.39 is 5.97 Å². The lowest BCUT2D eigenvalue weighted by molar-refractivity contribution is -0.135. The fraction of sp³-hybridized carbons (Fsp3) is 0.500. The molecule has 0 spiro atoms. The molecule has 0 aromatic carbocycles. The Hall–Kier alpha value is -1.76. The molecule has 0 heterocycles. The zero-order valence-corrected chi connectivity index (χ0v) is 10.1. The molecule has 0 atom stereocenters. The molecular formula is C12H19NO3. The van der Waals surface area contributed by atoms with Crippen LogP contribution in [-0.2, 0) is 14.3 Å². The lowest BCUT2D eigenvalue weighted by Gasteiger charge is -1.98. The number of terminal acetylenes is 1. The normalized spacial score (nSPS) is 8.62. The summed E-state index contributed by atoms with van der Waals surface area (Å²) >= 11 is 0. The summed E-state index contributed by atoms with van der Waals surface area (Å²) in [7, 11) is 1.25. The summed E-state index contributed by atoms with van der Waals surface area (Å²) in [4.78, 5) is 21.5. The number of carbonyl (C=O) groups excluding carboxylic acids is 2. The van der Waals surface area contributed by atoms with Crippen LogP contribution in [0.2, 0.25) is 0 Å². The van der Waals surface area contributed by atoms with Gasteiger partial charge in [0.25, 0.3) is 0 Å². The topological polar surface area (TPSA) is 55.4 Å². The standard InChI is InChI=1S/C10H13NO3.C2H6/c1-3-4-5-8-11-9(12)6-7-10(13)14-2;1-2/h1,6-7H,4-5,8H2,2H3,(H,11,12);1-2H3/b7-6+;. The Kier molecular flexibility index (Phi) is 13.8. The second-order valence-corrected chi connectivity index (χ2v) is 2.46. The minimum Gasteiger partial charge on any atom is -0.466 e. The van der Waals surface area contributed by atoms with Gasteiger partial charge in [0.1, 0.15) is 0 Å². The van der Waals surface area contributed by atoms with Crippen molar-refractivity contribution in [2.45, 2.75) is 26.7 Å². The minimum absolute atomic E-state index is 0.326. The fourth-order valence-corrected chi connectivity index (χ4v) is 0.673. The lowest BCUT2D eigenvalue weighted by atomic mass is 10.3. The number of nitrogens with one attached hydrogen (secondary N) is 1. The highest BCUT2D eigenvalue weighted by molar-refractivity contribution is 5.94. The van der Waals surface area contributed by atoms with Crippen LogP contribution >= 0.6 is 0 Å². The second-order valence-electron chi connectivity index (χ2n) is 2.46. The maximum Gasteiger partial charge on any atom is 0.330 e. The number of unbranched alkanes of at least 4 members (excludes halogenated alkanes) is 1. The number of methoxy groups -OCH3 is 1. The third-order valence-corrected chi connectivity index (χ3v) is 1.37. The zero-order chi connectivity index (χ0) is 12.8. The Bertz CT molecular complexity index is 264. The van der Waals surface area contributed by atoms with Crippen molar-refractivity contribution in [3.8, 4) is 12.3 Å². The van der Waals surface area contributed by atoms with Gasteiger partial charge in [0.05, 0.1) is 7.11 Å². The highest BCUT2D eigenvalue weighted by Crippen LogP contribution is 1.84. The molecule has 0 rings (SSSR count). The van der Waals surface area contributed by atoms with Crippen molar-refractivity contribution in [1.82, 2.24) is 5.32 Å². The van der Waals surface area contributed by atoms with Crippen molar-refractivity contribution in [2.75, 3.05) is 13.7 Å². The van der Waals surface area contributed by atoms with Crippen molar-refractivity contribution in [3.05, 3.63) is 12.2 Å². The third-order valence-electron chi connectivity index (χ3n) is 1.37. The molecule has 0 fully saturated rings. The molecule has 0 unspecified atom stereocenters. The van der Waals surface area contributed by atoms with Crippen LogP contribution < -0.4 is 5.32 Å². The molecule has 0 aliphatic carbocycles. The van der Waals surface area contributed by atoms with E-state index in [2.05, 4.69) is 16.0 Å². The molecule has 0 aliphatic heterocycles. The molecule has 0 bridgehead atoms. The fourth-order valence-electron chi connectivity index (χ4n) is 0.673. The molecule has 1 amide bonds. The molecule has 0 aromatic heterocycles. The Morgan fingerprint density at radius 1 is 1.38 bits per heavy atom. The number of hydrogen-bond acceptors (Lipinski definition) is 3. The van der Waals surface area contributed by atoms with Crippen LogP contribution in [0.25, 0.3) is 0 Å². The average molecular weight is 225 g/mol. The summed E-state index contributed by atoms with van der Waals surface area (Å²) in [6.45, 7) is 4.51. The Morgan fingerprint density at radius 2 is 2.00 bits per heavy atom. The van der Waals surface area contributed by atoms with Gasteiger partial charge in [-0.3, -0.25) is 4.79 Å². The summed E-state index contributed by atoms with van der Waals surface area (Å²) in [6.07, 6.45) is 8.57. The first-order valence-electron chi connectivity index (χ1n) is 5.18. The molecule has 0 radical (unpaired) electrons. The van der Waals surface area contributed by atoms with E-state index >= 15 is 0 Å². The number of ether oxygens (including phenoxy) is 1. The highest BCUT2D eigenvalue weighted by atomic mass is 16.5. The predicted molar refractivity (Wildman–Crippen MR) is 63.6 cm³/mol. The van der Waals surface area contributed by atoms with Crippen LogP contribution in [-0.4, -0.2) is 25.5 Å². The summed E-state index contributed by atoms with van der Waals surface area (Å²) in [5, 5.41) is 2.57. The van der Waals surface area contributed by atoms with Crippen molar-refractivity contribution >= 4 is 11.9 Å². The molecule has 0 saturated carbocycles. The molecule has 0 saturated heterocycles. The van der Waals surface area contributed by atoms with E-state index in [0.29, 0.717) is 13.0 Å². The second kappa shape index (κ2) is 13.2. The predicted octanol–water partition coefficient (Wildman–Crippen LogP) is 1.27. The molecule has 4 heteroatoms. The van der Waals surface area contributed by atoms with Crippen LogP contribution in [0, 0.1) is 12.3 Å². The van der Waals surface area contributed by atoms with Crippen LogP contribution in [0.5, 0.6) is 0 Å². The number of rotatable bonds is 5. The highest BCUT2D eigenvalue weighted by Gasteiger charge is 1.96. The van der Waals surface area contributed by atoms with Crippen molar-refractivity contribution in [2.24, 2.45) is 0 Å². The number of hydrogen-bond donors (Lipinski definition) is 1. The van der Waals surface area contributed by atoms with Crippen LogP contribution in [0.1, 0.15) is 26.7 Å². The number of amides is 1. The van der Waals surface area contributed by atoms with Gasteiger partial charge < -0.3 is 10.1 Å². The van der Waals surface area contributed by atoms with E-state index in [1.807, 2.05) is 13.8 Å². The van der Waals surface area contributed by atoms with Gasteiger partial charge in [0, 0.05) is 25.1 Å². The SMILES string of the molecule is C#CCCCNC(=O)/C=C/C(=O)OC.CC. The zero-order valence-electron chi connectivity index (χ0n) is 10.1. The van der Waals surface area contributed by atoms with E-state index in [1.165, 1.54) is 7.11 Å².